The average Bonchev–Trinajstić information content (AvgIpc) is 2.36. The average molecular weight is 329 g/mol. The van der Waals surface area contributed by atoms with Crippen molar-refractivity contribution in [1.29, 1.82) is 0 Å². The summed E-state index contributed by atoms with van der Waals surface area (Å²) >= 11 is 3.32. The highest BCUT2D eigenvalue weighted by molar-refractivity contribution is 9.09. The smallest absolute Gasteiger partial charge is 0.161 e. The van der Waals surface area contributed by atoms with E-state index >= 15 is 0 Å². The second-order valence-corrected chi connectivity index (χ2v) is 5.55. The maximum absolute atomic E-state index is 13.6. The zero-order valence-corrected chi connectivity index (χ0v) is 11.8. The number of hydrogen-bond donors (Lipinski definition) is 0. The molecule has 4 heteroatoms. The summed E-state index contributed by atoms with van der Waals surface area (Å²) in [6.07, 6.45) is 0.502. The number of hydrogen-bond acceptors (Lipinski definition) is 0. The molecular formula is C15H12BrF3. The van der Waals surface area contributed by atoms with Gasteiger partial charge in [-0.05, 0) is 25.0 Å². The fourth-order valence-corrected chi connectivity index (χ4v) is 2.54. The van der Waals surface area contributed by atoms with Crippen molar-refractivity contribution < 1.29 is 13.2 Å². The monoisotopic (exact) mass is 328 g/mol. The third-order valence-electron chi connectivity index (χ3n) is 2.91. The minimum atomic E-state index is -1.17. The van der Waals surface area contributed by atoms with Crippen molar-refractivity contribution in [2.24, 2.45) is 0 Å². The fraction of sp³-hybridized carbons (Fsp3) is 0.200. The first-order valence-electron chi connectivity index (χ1n) is 5.81. The highest BCUT2D eigenvalue weighted by Crippen LogP contribution is 2.30. The molecule has 0 aromatic heterocycles. The summed E-state index contributed by atoms with van der Waals surface area (Å²) in [4.78, 5) is -0.398. The number of benzene rings is 2. The topological polar surface area (TPSA) is 0 Å². The molecule has 0 N–H and O–H groups in total. The van der Waals surface area contributed by atoms with Gasteiger partial charge in [-0.25, -0.2) is 13.2 Å². The lowest BCUT2D eigenvalue weighted by atomic mass is 10.0. The Labute approximate surface area is 118 Å². The standard InChI is InChI=1S/C15H12BrF3/c1-9-2-4-10(5-3-9)6-12(16)11-7-14(18)15(19)8-13(11)17/h2-5,7-8,12H,6H2,1H3. The molecule has 0 heterocycles. The van der Waals surface area contributed by atoms with Crippen LogP contribution in [0.2, 0.25) is 0 Å². The van der Waals surface area contributed by atoms with Gasteiger partial charge in [-0.3, -0.25) is 0 Å². The molecule has 2 aromatic carbocycles. The van der Waals surface area contributed by atoms with Crippen molar-refractivity contribution in [1.82, 2.24) is 0 Å². The van der Waals surface area contributed by atoms with Crippen LogP contribution in [0.15, 0.2) is 36.4 Å². The molecule has 1 atom stereocenters. The molecule has 0 bridgehead atoms. The summed E-state index contributed by atoms with van der Waals surface area (Å²) in [5.41, 5.74) is 2.25. The van der Waals surface area contributed by atoms with Crippen molar-refractivity contribution in [2.45, 2.75) is 18.2 Å². The minimum absolute atomic E-state index is 0.125. The third kappa shape index (κ3) is 3.38. The van der Waals surface area contributed by atoms with Crippen LogP contribution < -0.4 is 0 Å². The summed E-state index contributed by atoms with van der Waals surface area (Å²) in [6, 6.07) is 9.25. The van der Waals surface area contributed by atoms with Gasteiger partial charge in [0.05, 0.1) is 0 Å². The van der Waals surface area contributed by atoms with Crippen molar-refractivity contribution in [3.8, 4) is 0 Å². The molecule has 0 nitrogen and oxygen atoms in total. The third-order valence-corrected chi connectivity index (χ3v) is 3.73. The number of alkyl halides is 1. The maximum atomic E-state index is 13.6. The van der Waals surface area contributed by atoms with Crippen molar-refractivity contribution in [3.63, 3.8) is 0 Å². The van der Waals surface area contributed by atoms with Gasteiger partial charge in [-0.2, -0.15) is 0 Å². The zero-order chi connectivity index (χ0) is 14.0. The fourth-order valence-electron chi connectivity index (χ4n) is 1.82. The van der Waals surface area contributed by atoms with Crippen LogP contribution >= 0.6 is 15.9 Å². The molecule has 0 amide bonds. The van der Waals surface area contributed by atoms with E-state index in [0.29, 0.717) is 12.5 Å². The Bertz CT molecular complexity index is 579. The van der Waals surface area contributed by atoms with Gasteiger partial charge in [0.15, 0.2) is 11.6 Å². The van der Waals surface area contributed by atoms with Crippen molar-refractivity contribution >= 4 is 15.9 Å². The van der Waals surface area contributed by atoms with Crippen LogP contribution in [0.25, 0.3) is 0 Å². The Morgan fingerprint density at radius 2 is 1.53 bits per heavy atom. The number of halogens is 4. The molecule has 0 spiro atoms. The highest BCUT2D eigenvalue weighted by atomic mass is 79.9. The van der Waals surface area contributed by atoms with Gasteiger partial charge in [0, 0.05) is 16.5 Å². The van der Waals surface area contributed by atoms with Gasteiger partial charge in [0.2, 0.25) is 0 Å². The minimum Gasteiger partial charge on any atom is -0.207 e. The van der Waals surface area contributed by atoms with Crippen molar-refractivity contribution in [3.05, 3.63) is 70.5 Å². The van der Waals surface area contributed by atoms with E-state index in [1.807, 2.05) is 31.2 Å². The van der Waals surface area contributed by atoms with E-state index in [0.717, 1.165) is 17.2 Å². The van der Waals surface area contributed by atoms with E-state index in [1.165, 1.54) is 0 Å². The first kappa shape index (κ1) is 14.1. The predicted molar refractivity (Wildman–Crippen MR) is 72.9 cm³/mol. The number of aryl methyl sites for hydroxylation is 1. The van der Waals surface area contributed by atoms with Crippen LogP contribution in [0.3, 0.4) is 0 Å². The summed E-state index contributed by atoms with van der Waals surface area (Å²) < 4.78 is 39.6. The Hall–Kier alpha value is -1.29. The van der Waals surface area contributed by atoms with Crippen LogP contribution in [-0.4, -0.2) is 0 Å². The van der Waals surface area contributed by atoms with Crippen molar-refractivity contribution in [2.75, 3.05) is 0 Å². The molecule has 19 heavy (non-hydrogen) atoms. The molecule has 1 unspecified atom stereocenters. The largest absolute Gasteiger partial charge is 0.207 e. The second-order valence-electron chi connectivity index (χ2n) is 4.45. The van der Waals surface area contributed by atoms with Gasteiger partial charge in [-0.1, -0.05) is 45.8 Å². The first-order valence-corrected chi connectivity index (χ1v) is 6.73. The molecule has 0 radical (unpaired) electrons. The van der Waals surface area contributed by atoms with Crippen LogP contribution in [0, 0.1) is 24.4 Å². The lowest BCUT2D eigenvalue weighted by Gasteiger charge is -2.12. The van der Waals surface area contributed by atoms with Gasteiger partial charge in [0.1, 0.15) is 5.82 Å². The molecule has 0 saturated heterocycles. The van der Waals surface area contributed by atoms with Crippen LogP contribution in [0.5, 0.6) is 0 Å². The van der Waals surface area contributed by atoms with Gasteiger partial charge < -0.3 is 0 Å². The van der Waals surface area contributed by atoms with Crippen LogP contribution in [0.4, 0.5) is 13.2 Å². The van der Waals surface area contributed by atoms with Gasteiger partial charge >= 0.3 is 0 Å². The summed E-state index contributed by atoms with van der Waals surface area (Å²) in [5, 5.41) is 0. The molecule has 2 rings (SSSR count). The molecule has 0 aliphatic heterocycles. The predicted octanol–water partition coefficient (Wildman–Crippen LogP) is 5.09. The Morgan fingerprint density at radius 1 is 0.947 bits per heavy atom. The molecular weight excluding hydrogens is 317 g/mol. The molecule has 0 saturated carbocycles. The molecule has 0 fully saturated rings. The summed E-state index contributed by atoms with van der Waals surface area (Å²) in [7, 11) is 0. The first-order chi connectivity index (χ1) is 8.97. The molecule has 0 aliphatic carbocycles. The zero-order valence-electron chi connectivity index (χ0n) is 10.3. The normalized spacial score (nSPS) is 12.5. The molecule has 100 valence electrons. The van der Waals surface area contributed by atoms with E-state index in [1.54, 1.807) is 0 Å². The van der Waals surface area contributed by atoms with E-state index in [-0.39, 0.29) is 5.56 Å². The van der Waals surface area contributed by atoms with Crippen LogP contribution in [-0.2, 0) is 6.42 Å². The lowest BCUT2D eigenvalue weighted by Crippen LogP contribution is -2.01. The van der Waals surface area contributed by atoms with E-state index in [2.05, 4.69) is 15.9 Å². The quantitative estimate of drug-likeness (QED) is 0.543. The Kier molecular flexibility index (Phi) is 4.30. The number of rotatable bonds is 3. The summed E-state index contributed by atoms with van der Waals surface area (Å²) in [5.74, 6) is -2.95. The molecule has 2 aromatic rings. The van der Waals surface area contributed by atoms with Gasteiger partial charge in [-0.15, -0.1) is 0 Å². The highest BCUT2D eigenvalue weighted by Gasteiger charge is 2.17. The summed E-state index contributed by atoms with van der Waals surface area (Å²) in [6.45, 7) is 1.98. The van der Waals surface area contributed by atoms with E-state index in [4.69, 9.17) is 0 Å². The van der Waals surface area contributed by atoms with E-state index < -0.39 is 22.3 Å². The maximum Gasteiger partial charge on any atom is 0.161 e. The van der Waals surface area contributed by atoms with E-state index in [9.17, 15) is 13.2 Å². The van der Waals surface area contributed by atoms with Crippen LogP contribution in [0.1, 0.15) is 21.5 Å². The Morgan fingerprint density at radius 3 is 2.16 bits per heavy atom. The Balaban J connectivity index is 2.22. The SMILES string of the molecule is Cc1ccc(CC(Br)c2cc(F)c(F)cc2F)cc1. The lowest BCUT2D eigenvalue weighted by molar-refractivity contribution is 0.489. The van der Waals surface area contributed by atoms with Gasteiger partial charge in [0.25, 0.3) is 0 Å². The second kappa shape index (κ2) is 5.78. The molecule has 0 aliphatic rings.